The van der Waals surface area contributed by atoms with Gasteiger partial charge in [0.15, 0.2) is 5.65 Å². The van der Waals surface area contributed by atoms with E-state index in [4.69, 9.17) is 11.6 Å². The van der Waals surface area contributed by atoms with Crippen LogP contribution in [0.1, 0.15) is 18.9 Å². The lowest BCUT2D eigenvalue weighted by atomic mass is 10.4. The number of aromatic nitrogens is 3. The Labute approximate surface area is 84.5 Å². The van der Waals surface area contributed by atoms with Gasteiger partial charge in [-0.05, 0) is 18.9 Å². The Bertz CT molecular complexity index is 553. The third-order valence-corrected chi connectivity index (χ3v) is 2.79. The van der Waals surface area contributed by atoms with Crippen LogP contribution in [0.15, 0.2) is 17.1 Å². The summed E-state index contributed by atoms with van der Waals surface area (Å²) < 4.78 is 1.70. The molecular weight excluding hydrogens is 202 g/mol. The average Bonchev–Trinajstić information content (AvgIpc) is 2.91. The maximum Gasteiger partial charge on any atom is 0.327 e. The van der Waals surface area contributed by atoms with Gasteiger partial charge in [-0.2, -0.15) is 0 Å². The molecule has 0 atom stereocenters. The number of aromatic amines is 1. The fourth-order valence-electron chi connectivity index (χ4n) is 1.66. The number of rotatable bonds is 1. The summed E-state index contributed by atoms with van der Waals surface area (Å²) >= 11 is 5.94. The highest BCUT2D eigenvalue weighted by Crippen LogP contribution is 2.35. The Hall–Kier alpha value is -1.29. The SMILES string of the molecule is O=c1[nH]c2c(Cl)ccnc2n1C1CC1. The molecule has 2 aromatic rings. The van der Waals surface area contributed by atoms with Crippen molar-refractivity contribution in [1.82, 2.24) is 14.5 Å². The topological polar surface area (TPSA) is 50.7 Å². The van der Waals surface area contributed by atoms with Crippen LogP contribution in [0.5, 0.6) is 0 Å². The van der Waals surface area contributed by atoms with Crippen molar-refractivity contribution in [2.75, 3.05) is 0 Å². The van der Waals surface area contributed by atoms with Gasteiger partial charge < -0.3 is 4.98 Å². The van der Waals surface area contributed by atoms with Gasteiger partial charge in [0.1, 0.15) is 5.52 Å². The monoisotopic (exact) mass is 209 g/mol. The summed E-state index contributed by atoms with van der Waals surface area (Å²) in [6.07, 6.45) is 3.74. The van der Waals surface area contributed by atoms with E-state index in [2.05, 4.69) is 9.97 Å². The van der Waals surface area contributed by atoms with Gasteiger partial charge in [0.05, 0.1) is 5.02 Å². The summed E-state index contributed by atoms with van der Waals surface area (Å²) in [6.45, 7) is 0. The molecule has 0 aromatic carbocycles. The van der Waals surface area contributed by atoms with E-state index in [0.717, 1.165) is 12.8 Å². The molecule has 0 amide bonds. The molecule has 2 heterocycles. The van der Waals surface area contributed by atoms with Crippen LogP contribution in [0.3, 0.4) is 0 Å². The molecule has 0 bridgehead atoms. The summed E-state index contributed by atoms with van der Waals surface area (Å²) in [5, 5.41) is 0.548. The molecule has 4 nitrogen and oxygen atoms in total. The highest BCUT2D eigenvalue weighted by Gasteiger charge is 2.28. The number of nitrogens with zero attached hydrogens (tertiary/aromatic N) is 2. The summed E-state index contributed by atoms with van der Waals surface area (Å²) in [5.41, 5.74) is 1.21. The lowest BCUT2D eigenvalue weighted by Gasteiger charge is -1.97. The van der Waals surface area contributed by atoms with Crippen LogP contribution in [-0.4, -0.2) is 14.5 Å². The van der Waals surface area contributed by atoms with E-state index < -0.39 is 0 Å². The van der Waals surface area contributed by atoms with Gasteiger partial charge in [0.25, 0.3) is 0 Å². The Morgan fingerprint density at radius 1 is 1.57 bits per heavy atom. The van der Waals surface area contributed by atoms with Gasteiger partial charge in [0.2, 0.25) is 0 Å². The summed E-state index contributed by atoms with van der Waals surface area (Å²) in [6, 6.07) is 2.00. The van der Waals surface area contributed by atoms with Crippen molar-refractivity contribution in [1.29, 1.82) is 0 Å². The molecule has 0 saturated heterocycles. The van der Waals surface area contributed by atoms with Crippen molar-refractivity contribution in [2.24, 2.45) is 0 Å². The highest BCUT2D eigenvalue weighted by molar-refractivity contribution is 6.34. The van der Waals surface area contributed by atoms with Gasteiger partial charge in [-0.1, -0.05) is 11.6 Å². The molecule has 0 radical (unpaired) electrons. The highest BCUT2D eigenvalue weighted by atomic mass is 35.5. The molecule has 1 aliphatic carbocycles. The number of halogens is 1. The first kappa shape index (κ1) is 8.05. The zero-order valence-electron chi connectivity index (χ0n) is 7.33. The molecule has 0 aliphatic heterocycles. The zero-order valence-corrected chi connectivity index (χ0v) is 8.08. The lowest BCUT2D eigenvalue weighted by Crippen LogP contribution is -2.15. The average molecular weight is 210 g/mol. The van der Waals surface area contributed by atoms with Gasteiger partial charge >= 0.3 is 5.69 Å². The minimum atomic E-state index is -0.108. The van der Waals surface area contributed by atoms with Crippen molar-refractivity contribution < 1.29 is 0 Å². The third kappa shape index (κ3) is 1.00. The Balaban J connectivity index is 2.43. The van der Waals surface area contributed by atoms with Crippen molar-refractivity contribution in [2.45, 2.75) is 18.9 Å². The van der Waals surface area contributed by atoms with Crippen LogP contribution >= 0.6 is 11.6 Å². The predicted molar refractivity (Wildman–Crippen MR) is 53.6 cm³/mol. The van der Waals surface area contributed by atoms with E-state index in [1.165, 1.54) is 0 Å². The van der Waals surface area contributed by atoms with Crippen molar-refractivity contribution in [3.05, 3.63) is 27.8 Å². The van der Waals surface area contributed by atoms with Crippen LogP contribution in [0, 0.1) is 0 Å². The quantitative estimate of drug-likeness (QED) is 0.778. The molecule has 3 rings (SSSR count). The van der Waals surface area contributed by atoms with E-state index in [1.54, 1.807) is 16.8 Å². The van der Waals surface area contributed by atoms with Crippen LogP contribution in [0.2, 0.25) is 5.02 Å². The first-order valence-electron chi connectivity index (χ1n) is 4.52. The van der Waals surface area contributed by atoms with E-state index in [0.29, 0.717) is 22.2 Å². The maximum absolute atomic E-state index is 11.6. The standard InChI is InChI=1S/C9H8ClN3O/c10-6-3-4-11-8-7(6)12-9(14)13(8)5-1-2-5/h3-5H,1-2H2,(H,12,14). The number of hydrogen-bond donors (Lipinski definition) is 1. The summed E-state index contributed by atoms with van der Waals surface area (Å²) in [4.78, 5) is 18.5. The molecule has 5 heteroatoms. The summed E-state index contributed by atoms with van der Waals surface area (Å²) in [7, 11) is 0. The zero-order chi connectivity index (χ0) is 9.71. The van der Waals surface area contributed by atoms with E-state index in [1.807, 2.05) is 0 Å². The number of nitrogens with one attached hydrogen (secondary N) is 1. The predicted octanol–water partition coefficient (Wildman–Crippen LogP) is 1.71. The minimum absolute atomic E-state index is 0.108. The maximum atomic E-state index is 11.6. The van der Waals surface area contributed by atoms with Crippen molar-refractivity contribution >= 4 is 22.8 Å². The van der Waals surface area contributed by atoms with Crippen LogP contribution in [-0.2, 0) is 0 Å². The molecule has 1 saturated carbocycles. The van der Waals surface area contributed by atoms with Gasteiger partial charge in [0, 0.05) is 12.2 Å². The second-order valence-corrected chi connectivity index (χ2v) is 3.93. The number of H-pyrrole nitrogens is 1. The molecule has 14 heavy (non-hydrogen) atoms. The number of pyridine rings is 1. The van der Waals surface area contributed by atoms with Gasteiger partial charge in [-0.15, -0.1) is 0 Å². The van der Waals surface area contributed by atoms with E-state index in [9.17, 15) is 4.79 Å². The molecule has 0 unspecified atom stereocenters. The van der Waals surface area contributed by atoms with Gasteiger partial charge in [-0.25, -0.2) is 9.78 Å². The van der Waals surface area contributed by atoms with Crippen LogP contribution in [0.25, 0.3) is 11.2 Å². The summed E-state index contributed by atoms with van der Waals surface area (Å²) in [5.74, 6) is 0. The fourth-order valence-corrected chi connectivity index (χ4v) is 1.85. The Morgan fingerprint density at radius 2 is 2.36 bits per heavy atom. The van der Waals surface area contributed by atoms with E-state index >= 15 is 0 Å². The smallest absolute Gasteiger partial charge is 0.303 e. The molecule has 0 spiro atoms. The second-order valence-electron chi connectivity index (χ2n) is 3.52. The Morgan fingerprint density at radius 3 is 3.07 bits per heavy atom. The second kappa shape index (κ2) is 2.60. The molecule has 1 N–H and O–H groups in total. The first-order chi connectivity index (χ1) is 6.77. The van der Waals surface area contributed by atoms with E-state index in [-0.39, 0.29) is 5.69 Å². The fraction of sp³-hybridized carbons (Fsp3) is 0.333. The number of hydrogen-bond acceptors (Lipinski definition) is 2. The lowest BCUT2D eigenvalue weighted by molar-refractivity contribution is 0.726. The molecule has 2 aromatic heterocycles. The largest absolute Gasteiger partial charge is 0.327 e. The van der Waals surface area contributed by atoms with Crippen LogP contribution in [0.4, 0.5) is 0 Å². The molecule has 72 valence electrons. The molecule has 1 aliphatic rings. The third-order valence-electron chi connectivity index (χ3n) is 2.47. The Kier molecular flexibility index (Phi) is 1.50. The van der Waals surface area contributed by atoms with Crippen molar-refractivity contribution in [3.63, 3.8) is 0 Å². The number of fused-ring (bicyclic) bond motifs is 1. The first-order valence-corrected chi connectivity index (χ1v) is 4.90. The number of imidazole rings is 1. The van der Waals surface area contributed by atoms with Gasteiger partial charge in [-0.3, -0.25) is 4.57 Å². The molecular formula is C9H8ClN3O. The minimum Gasteiger partial charge on any atom is -0.303 e. The van der Waals surface area contributed by atoms with Crippen molar-refractivity contribution in [3.8, 4) is 0 Å². The van der Waals surface area contributed by atoms with Crippen LogP contribution < -0.4 is 5.69 Å². The molecule has 1 fully saturated rings. The normalized spacial score (nSPS) is 16.4.